The number of aromatic nitrogens is 1. The minimum atomic E-state index is -0.467. The van der Waals surface area contributed by atoms with E-state index in [-0.39, 0.29) is 6.09 Å². The highest BCUT2D eigenvalue weighted by atomic mass is 79.9. The lowest BCUT2D eigenvalue weighted by molar-refractivity contribution is 0.0189. The van der Waals surface area contributed by atoms with E-state index >= 15 is 0 Å². The maximum Gasteiger partial charge on any atom is 0.410 e. The SMILES string of the molecule is Cc1cc2c(cc1C#N)c(Br)cn2C1CCN(C(=O)OC(C)(C)C)CC1. The highest BCUT2D eigenvalue weighted by molar-refractivity contribution is 9.10. The molecule has 0 saturated carbocycles. The van der Waals surface area contributed by atoms with Gasteiger partial charge in [0.25, 0.3) is 0 Å². The summed E-state index contributed by atoms with van der Waals surface area (Å²) in [6.07, 6.45) is 3.63. The summed E-state index contributed by atoms with van der Waals surface area (Å²) in [4.78, 5) is 14.0. The highest BCUT2D eigenvalue weighted by Gasteiger charge is 2.28. The van der Waals surface area contributed by atoms with Crippen LogP contribution < -0.4 is 0 Å². The van der Waals surface area contributed by atoms with E-state index in [1.54, 1.807) is 4.90 Å². The van der Waals surface area contributed by atoms with Crippen molar-refractivity contribution in [1.29, 1.82) is 5.26 Å². The monoisotopic (exact) mass is 417 g/mol. The fraction of sp³-hybridized carbons (Fsp3) is 0.500. The van der Waals surface area contributed by atoms with E-state index in [1.807, 2.05) is 33.8 Å². The number of halogens is 1. The van der Waals surface area contributed by atoms with Crippen molar-refractivity contribution in [3.05, 3.63) is 33.9 Å². The number of hydrogen-bond donors (Lipinski definition) is 0. The Balaban J connectivity index is 1.79. The summed E-state index contributed by atoms with van der Waals surface area (Å²) in [5.41, 5.74) is 2.35. The normalized spacial score (nSPS) is 15.9. The molecule has 26 heavy (non-hydrogen) atoms. The number of aryl methyl sites for hydroxylation is 1. The molecule has 0 N–H and O–H groups in total. The molecule has 1 aliphatic rings. The Morgan fingerprint density at radius 1 is 1.31 bits per heavy atom. The molecule has 0 aliphatic carbocycles. The molecule has 0 bridgehead atoms. The molecule has 3 rings (SSSR count). The number of carbonyl (C=O) groups excluding carboxylic acids is 1. The highest BCUT2D eigenvalue weighted by Crippen LogP contribution is 2.34. The third-order valence-electron chi connectivity index (χ3n) is 4.76. The number of fused-ring (bicyclic) bond motifs is 1. The number of nitrogens with zero attached hydrogens (tertiary/aromatic N) is 3. The lowest BCUT2D eigenvalue weighted by Gasteiger charge is -2.34. The van der Waals surface area contributed by atoms with Crippen molar-refractivity contribution in [2.45, 2.75) is 52.2 Å². The van der Waals surface area contributed by atoms with Crippen LogP contribution in [0.5, 0.6) is 0 Å². The van der Waals surface area contributed by atoms with Crippen LogP contribution in [0.3, 0.4) is 0 Å². The number of hydrogen-bond acceptors (Lipinski definition) is 3. The molecule has 0 radical (unpaired) electrons. The average molecular weight is 418 g/mol. The first kappa shape index (κ1) is 18.8. The first-order valence-corrected chi connectivity index (χ1v) is 9.67. The van der Waals surface area contributed by atoms with Crippen molar-refractivity contribution in [2.75, 3.05) is 13.1 Å². The Hall–Kier alpha value is -2.00. The Bertz CT molecular complexity index is 881. The van der Waals surface area contributed by atoms with Gasteiger partial charge in [-0.15, -0.1) is 0 Å². The van der Waals surface area contributed by atoms with Crippen molar-refractivity contribution in [1.82, 2.24) is 9.47 Å². The van der Waals surface area contributed by atoms with Crippen LogP contribution in [0, 0.1) is 18.3 Å². The van der Waals surface area contributed by atoms with Gasteiger partial charge in [-0.1, -0.05) is 0 Å². The molecule has 1 aromatic carbocycles. The molecule has 1 aromatic heterocycles. The summed E-state index contributed by atoms with van der Waals surface area (Å²) < 4.78 is 8.75. The molecule has 0 unspecified atom stereocenters. The predicted molar refractivity (Wildman–Crippen MR) is 105 cm³/mol. The van der Waals surface area contributed by atoms with E-state index in [0.717, 1.165) is 33.8 Å². The second kappa shape index (κ2) is 6.96. The van der Waals surface area contributed by atoms with Gasteiger partial charge >= 0.3 is 6.09 Å². The predicted octanol–water partition coefficient (Wildman–Crippen LogP) is 5.16. The van der Waals surface area contributed by atoms with Gasteiger partial charge in [0.15, 0.2) is 0 Å². The molecule has 0 atom stereocenters. The molecule has 2 aromatic rings. The molecule has 1 fully saturated rings. The minimum Gasteiger partial charge on any atom is -0.444 e. The van der Waals surface area contributed by atoms with Crippen LogP contribution in [-0.2, 0) is 4.74 Å². The van der Waals surface area contributed by atoms with Crippen LogP contribution in [-0.4, -0.2) is 34.3 Å². The van der Waals surface area contributed by atoms with Crippen molar-refractivity contribution in [3.63, 3.8) is 0 Å². The number of benzene rings is 1. The fourth-order valence-corrected chi connectivity index (χ4v) is 3.97. The van der Waals surface area contributed by atoms with Gasteiger partial charge in [-0.05, 0) is 74.2 Å². The zero-order chi connectivity index (χ0) is 19.1. The Kier molecular flexibility index (Phi) is 5.03. The van der Waals surface area contributed by atoms with Crippen molar-refractivity contribution in [3.8, 4) is 6.07 Å². The molecule has 2 heterocycles. The first-order chi connectivity index (χ1) is 12.2. The summed E-state index contributed by atoms with van der Waals surface area (Å²) in [7, 11) is 0. The van der Waals surface area contributed by atoms with Crippen LogP contribution >= 0.6 is 15.9 Å². The van der Waals surface area contributed by atoms with Crippen molar-refractivity contribution in [2.24, 2.45) is 0 Å². The maximum atomic E-state index is 12.2. The van der Waals surface area contributed by atoms with Crippen LogP contribution in [0.4, 0.5) is 4.79 Å². The zero-order valence-corrected chi connectivity index (χ0v) is 17.3. The number of nitriles is 1. The molecular weight excluding hydrogens is 394 g/mol. The van der Waals surface area contributed by atoms with Crippen LogP contribution in [0.2, 0.25) is 0 Å². The smallest absolute Gasteiger partial charge is 0.410 e. The van der Waals surface area contributed by atoms with Crippen LogP contribution in [0.25, 0.3) is 10.9 Å². The lowest BCUT2D eigenvalue weighted by atomic mass is 10.0. The lowest BCUT2D eigenvalue weighted by Crippen LogP contribution is -2.42. The van der Waals surface area contributed by atoms with Gasteiger partial charge in [0.05, 0.1) is 11.6 Å². The number of carbonyl (C=O) groups is 1. The summed E-state index contributed by atoms with van der Waals surface area (Å²) in [5.74, 6) is 0. The van der Waals surface area contributed by atoms with Gasteiger partial charge in [0, 0.05) is 40.7 Å². The van der Waals surface area contributed by atoms with Gasteiger partial charge in [-0.25, -0.2) is 4.79 Å². The molecule has 1 aliphatic heterocycles. The second-order valence-corrected chi connectivity index (χ2v) is 8.73. The van der Waals surface area contributed by atoms with Gasteiger partial charge in [-0.3, -0.25) is 0 Å². The molecule has 0 spiro atoms. The Morgan fingerprint density at radius 2 is 1.96 bits per heavy atom. The van der Waals surface area contributed by atoms with E-state index in [4.69, 9.17) is 4.74 Å². The van der Waals surface area contributed by atoms with E-state index in [1.165, 1.54) is 0 Å². The molecule has 6 heteroatoms. The third kappa shape index (κ3) is 3.73. The van der Waals surface area contributed by atoms with Gasteiger partial charge in [-0.2, -0.15) is 5.26 Å². The fourth-order valence-electron chi connectivity index (χ4n) is 3.43. The molecule has 5 nitrogen and oxygen atoms in total. The summed E-state index contributed by atoms with van der Waals surface area (Å²) in [6, 6.07) is 6.61. The van der Waals surface area contributed by atoms with E-state index in [9.17, 15) is 10.1 Å². The zero-order valence-electron chi connectivity index (χ0n) is 15.7. The van der Waals surface area contributed by atoms with Crippen molar-refractivity contribution < 1.29 is 9.53 Å². The number of amides is 1. The molecule has 1 saturated heterocycles. The second-order valence-electron chi connectivity index (χ2n) is 7.88. The number of piperidine rings is 1. The first-order valence-electron chi connectivity index (χ1n) is 8.88. The van der Waals surface area contributed by atoms with Crippen molar-refractivity contribution >= 4 is 32.9 Å². The quantitative estimate of drug-likeness (QED) is 0.643. The molecule has 1 amide bonds. The number of ether oxygens (including phenoxy) is 1. The number of likely N-dealkylation sites (tertiary alicyclic amines) is 1. The summed E-state index contributed by atoms with van der Waals surface area (Å²) in [6.45, 7) is 9.00. The van der Waals surface area contributed by atoms with Gasteiger partial charge < -0.3 is 14.2 Å². The maximum absolute atomic E-state index is 12.2. The van der Waals surface area contributed by atoms with E-state index < -0.39 is 5.60 Å². The van der Waals surface area contributed by atoms with Crippen LogP contribution in [0.1, 0.15) is 50.8 Å². The third-order valence-corrected chi connectivity index (χ3v) is 5.39. The van der Waals surface area contributed by atoms with E-state index in [0.29, 0.717) is 24.7 Å². The van der Waals surface area contributed by atoms with E-state index in [2.05, 4.69) is 38.8 Å². The Morgan fingerprint density at radius 3 is 2.54 bits per heavy atom. The average Bonchev–Trinajstić information content (AvgIpc) is 2.88. The van der Waals surface area contributed by atoms with Gasteiger partial charge in [0.1, 0.15) is 5.60 Å². The molecule has 138 valence electrons. The topological polar surface area (TPSA) is 58.3 Å². The Labute approximate surface area is 162 Å². The summed E-state index contributed by atoms with van der Waals surface area (Å²) >= 11 is 3.63. The molecular formula is C20H24BrN3O2. The summed E-state index contributed by atoms with van der Waals surface area (Å²) in [5, 5.41) is 10.3. The number of rotatable bonds is 1. The van der Waals surface area contributed by atoms with Gasteiger partial charge in [0.2, 0.25) is 0 Å². The minimum absolute atomic E-state index is 0.232. The standard InChI is InChI=1S/C20H24BrN3O2/c1-13-9-18-16(10-14(13)11-22)17(21)12-24(18)15-5-7-23(8-6-15)19(25)26-20(2,3)4/h9-10,12,15H,5-8H2,1-4H3. The van der Waals surface area contributed by atoms with Crippen LogP contribution in [0.15, 0.2) is 22.8 Å². The largest absolute Gasteiger partial charge is 0.444 e.